The van der Waals surface area contributed by atoms with Crippen molar-refractivity contribution in [3.63, 3.8) is 0 Å². The van der Waals surface area contributed by atoms with Crippen LogP contribution in [-0.2, 0) is 11.0 Å². The maximum absolute atomic E-state index is 13.3. The Kier molecular flexibility index (Phi) is 7.56. The van der Waals surface area contributed by atoms with Gasteiger partial charge in [-0.25, -0.2) is 23.0 Å². The number of alkyl halides is 2. The van der Waals surface area contributed by atoms with Crippen LogP contribution in [0.25, 0.3) is 22.0 Å². The largest absolute Gasteiger partial charge is 0.484 e. The lowest BCUT2D eigenvalue weighted by molar-refractivity contribution is 0.0804. The van der Waals surface area contributed by atoms with E-state index >= 15 is 0 Å². The molecule has 0 bridgehead atoms. The summed E-state index contributed by atoms with van der Waals surface area (Å²) in [5.74, 6) is 0.265. The van der Waals surface area contributed by atoms with Crippen LogP contribution >= 0.6 is 11.6 Å². The van der Waals surface area contributed by atoms with Gasteiger partial charge in [0.05, 0.1) is 39.2 Å². The fraction of sp³-hybridized carbons (Fsp3) is 0.304. The van der Waals surface area contributed by atoms with Crippen molar-refractivity contribution in [1.29, 1.82) is 0 Å². The van der Waals surface area contributed by atoms with Gasteiger partial charge in [0.25, 0.3) is 6.43 Å². The van der Waals surface area contributed by atoms with Gasteiger partial charge in [-0.2, -0.15) is 10.2 Å². The van der Waals surface area contributed by atoms with E-state index in [4.69, 9.17) is 16.3 Å². The second-order valence-corrected chi connectivity index (χ2v) is 9.45. The van der Waals surface area contributed by atoms with Gasteiger partial charge in [-0.3, -0.25) is 4.72 Å². The molecular weight excluding hydrogens is 498 g/mol. The van der Waals surface area contributed by atoms with Gasteiger partial charge in [-0.1, -0.05) is 31.5 Å². The number of hydrogen-bond acceptors (Lipinski definition) is 6. The summed E-state index contributed by atoms with van der Waals surface area (Å²) >= 11 is 6.46. The molecule has 1 aromatic carbocycles. The minimum absolute atomic E-state index is 0.0786. The third-order valence-corrected chi connectivity index (χ3v) is 6.94. The monoisotopic (exact) mass is 520 g/mol. The van der Waals surface area contributed by atoms with E-state index in [1.165, 1.54) is 0 Å². The molecule has 3 heterocycles. The molecule has 3 aromatic heterocycles. The van der Waals surface area contributed by atoms with Gasteiger partial charge in [0.2, 0.25) is 5.95 Å². The van der Waals surface area contributed by atoms with Crippen molar-refractivity contribution in [1.82, 2.24) is 25.1 Å². The molecule has 12 heteroatoms. The maximum Gasteiger partial charge on any atom is 0.272 e. The van der Waals surface area contributed by atoms with E-state index in [2.05, 4.69) is 29.9 Å². The van der Waals surface area contributed by atoms with Gasteiger partial charge in [-0.05, 0) is 25.5 Å². The number of halogens is 3. The number of nitrogens with zero attached hydrogens (tertiary/aromatic N) is 4. The average Bonchev–Trinajstić information content (AvgIpc) is 3.27. The standard InChI is InChI=1S/C23H23ClF2N6O2S/c1-4-12(2)20-22(34-11-18(25)26)13(3)30-23(31-20)32-35(33)17-10-27-21-15(17)5-6-16(24)19(21)14-7-8-28-29-9-14/h5-10,12,18,27H,4,11H2,1-3H3,(H,30,31,32). The Balaban J connectivity index is 1.68. The normalized spacial score (nSPS) is 13.2. The molecule has 8 nitrogen and oxygen atoms in total. The van der Waals surface area contributed by atoms with Crippen molar-refractivity contribution in [2.24, 2.45) is 0 Å². The summed E-state index contributed by atoms with van der Waals surface area (Å²) in [6.07, 6.45) is 2.89. The van der Waals surface area contributed by atoms with E-state index in [0.29, 0.717) is 44.2 Å². The van der Waals surface area contributed by atoms with Crippen molar-refractivity contribution in [2.45, 2.75) is 44.4 Å². The Hall–Kier alpha value is -3.18. The third kappa shape index (κ3) is 5.25. The van der Waals surface area contributed by atoms with E-state index in [9.17, 15) is 13.0 Å². The molecule has 4 aromatic rings. The van der Waals surface area contributed by atoms with Crippen LogP contribution in [0, 0.1) is 6.92 Å². The number of hydrogen-bond donors (Lipinski definition) is 2. The molecule has 0 spiro atoms. The molecular formula is C23H23ClF2N6O2S. The molecule has 0 saturated heterocycles. The first-order valence-corrected chi connectivity index (χ1v) is 12.4. The zero-order valence-electron chi connectivity index (χ0n) is 19.2. The highest BCUT2D eigenvalue weighted by Gasteiger charge is 2.21. The number of benzene rings is 1. The fourth-order valence-electron chi connectivity index (χ4n) is 3.64. The molecule has 0 aliphatic carbocycles. The lowest BCUT2D eigenvalue weighted by Crippen LogP contribution is -2.15. The van der Waals surface area contributed by atoms with Crippen LogP contribution in [0.2, 0.25) is 5.02 Å². The second kappa shape index (κ2) is 10.6. The topological polar surface area (TPSA) is 106 Å². The van der Waals surface area contributed by atoms with Crippen LogP contribution in [0.1, 0.15) is 37.6 Å². The van der Waals surface area contributed by atoms with Crippen molar-refractivity contribution >= 4 is 39.4 Å². The summed E-state index contributed by atoms with van der Waals surface area (Å²) in [4.78, 5) is 12.4. The van der Waals surface area contributed by atoms with Gasteiger partial charge >= 0.3 is 0 Å². The van der Waals surface area contributed by atoms with Crippen LogP contribution in [-0.4, -0.2) is 42.4 Å². The molecule has 0 aliphatic heterocycles. The zero-order valence-corrected chi connectivity index (χ0v) is 20.8. The molecule has 0 fully saturated rings. The highest BCUT2D eigenvalue weighted by Crippen LogP contribution is 2.37. The van der Waals surface area contributed by atoms with Gasteiger partial charge in [0, 0.05) is 28.6 Å². The molecule has 2 unspecified atom stereocenters. The van der Waals surface area contributed by atoms with Gasteiger partial charge < -0.3 is 9.72 Å². The van der Waals surface area contributed by atoms with Crippen LogP contribution in [0.3, 0.4) is 0 Å². The molecule has 0 amide bonds. The summed E-state index contributed by atoms with van der Waals surface area (Å²) in [5.41, 5.74) is 3.05. The Labute approximate surface area is 208 Å². The summed E-state index contributed by atoms with van der Waals surface area (Å²) in [6, 6.07) is 5.29. The number of fused-ring (bicyclic) bond motifs is 1. The number of rotatable bonds is 9. The smallest absolute Gasteiger partial charge is 0.272 e. The highest BCUT2D eigenvalue weighted by molar-refractivity contribution is 7.86. The van der Waals surface area contributed by atoms with Crippen molar-refractivity contribution < 1.29 is 17.7 Å². The van der Waals surface area contributed by atoms with E-state index in [1.807, 2.05) is 13.8 Å². The lowest BCUT2D eigenvalue weighted by atomic mass is 10.0. The van der Waals surface area contributed by atoms with E-state index < -0.39 is 24.0 Å². The lowest BCUT2D eigenvalue weighted by Gasteiger charge is -2.18. The number of anilines is 1. The van der Waals surface area contributed by atoms with E-state index in [1.54, 1.807) is 43.7 Å². The summed E-state index contributed by atoms with van der Waals surface area (Å²) in [5, 5.41) is 8.91. The highest BCUT2D eigenvalue weighted by atomic mass is 35.5. The third-order valence-electron chi connectivity index (χ3n) is 5.52. The first kappa shape index (κ1) is 24.9. The van der Waals surface area contributed by atoms with Crippen molar-refractivity contribution in [3.8, 4) is 16.9 Å². The fourth-order valence-corrected chi connectivity index (χ4v) is 4.81. The summed E-state index contributed by atoms with van der Waals surface area (Å²) < 4.78 is 46.9. The van der Waals surface area contributed by atoms with E-state index in [0.717, 1.165) is 5.56 Å². The molecule has 4 rings (SSSR count). The molecule has 0 saturated carbocycles. The Morgan fingerprint density at radius 1 is 1.23 bits per heavy atom. The molecule has 35 heavy (non-hydrogen) atoms. The first-order valence-electron chi connectivity index (χ1n) is 10.8. The van der Waals surface area contributed by atoms with Crippen LogP contribution < -0.4 is 9.46 Å². The second-order valence-electron chi connectivity index (χ2n) is 7.86. The minimum atomic E-state index is -2.62. The van der Waals surface area contributed by atoms with Crippen molar-refractivity contribution in [2.75, 3.05) is 11.3 Å². The number of H-pyrrole nitrogens is 1. The SMILES string of the molecule is CCC(C)c1nc(NS(=O)c2c[nH]c3c(-c4ccnnc4)c(Cl)ccc23)nc(C)c1OCC(F)F. The number of ether oxygens (including phenoxy) is 1. The average molecular weight is 521 g/mol. The Bertz CT molecular complexity index is 1370. The maximum atomic E-state index is 13.3. The van der Waals surface area contributed by atoms with Crippen LogP contribution in [0.5, 0.6) is 5.75 Å². The first-order chi connectivity index (χ1) is 16.8. The van der Waals surface area contributed by atoms with Gasteiger partial charge in [0.15, 0.2) is 16.7 Å². The predicted octanol–water partition coefficient (Wildman–Crippen LogP) is 5.67. The van der Waals surface area contributed by atoms with Gasteiger partial charge in [0.1, 0.15) is 6.61 Å². The number of aromatic amines is 1. The van der Waals surface area contributed by atoms with Crippen LogP contribution in [0.4, 0.5) is 14.7 Å². The van der Waals surface area contributed by atoms with Crippen LogP contribution in [0.15, 0.2) is 41.7 Å². The summed E-state index contributed by atoms with van der Waals surface area (Å²) in [7, 11) is -1.74. The number of nitrogens with one attached hydrogen (secondary N) is 2. The number of aryl methyl sites for hydroxylation is 1. The zero-order chi connectivity index (χ0) is 25.1. The van der Waals surface area contributed by atoms with Gasteiger partial charge in [-0.15, -0.1) is 0 Å². The molecule has 184 valence electrons. The quantitative estimate of drug-likeness (QED) is 0.294. The Morgan fingerprint density at radius 2 is 2.03 bits per heavy atom. The molecule has 2 N–H and O–H groups in total. The summed E-state index contributed by atoms with van der Waals surface area (Å²) in [6.45, 7) is 4.76. The Morgan fingerprint density at radius 3 is 2.71 bits per heavy atom. The molecule has 0 radical (unpaired) electrons. The minimum Gasteiger partial charge on any atom is -0.484 e. The molecule has 0 aliphatic rings. The van der Waals surface area contributed by atoms with E-state index in [-0.39, 0.29) is 17.6 Å². The molecule has 2 atom stereocenters. The van der Waals surface area contributed by atoms with Crippen molar-refractivity contribution in [3.05, 3.63) is 53.2 Å². The number of aromatic nitrogens is 5. The predicted molar refractivity (Wildman–Crippen MR) is 131 cm³/mol.